The van der Waals surface area contributed by atoms with E-state index in [1.807, 2.05) is 49.4 Å². The van der Waals surface area contributed by atoms with Gasteiger partial charge in [-0.25, -0.2) is 8.42 Å². The van der Waals surface area contributed by atoms with E-state index in [1.54, 1.807) is 36.4 Å². The van der Waals surface area contributed by atoms with Crippen LogP contribution in [0.25, 0.3) is 0 Å². The average Bonchev–Trinajstić information content (AvgIpc) is 3.01. The summed E-state index contributed by atoms with van der Waals surface area (Å²) in [5, 5.41) is 2.90. The number of benzene rings is 4. The second-order valence-electron chi connectivity index (χ2n) is 9.84. The van der Waals surface area contributed by atoms with Gasteiger partial charge in [0, 0.05) is 12.2 Å². The van der Waals surface area contributed by atoms with Crippen LogP contribution in [-0.2, 0) is 26.0 Å². The molecule has 0 aromatic heterocycles. The van der Waals surface area contributed by atoms with Crippen LogP contribution in [0.1, 0.15) is 11.1 Å². The third kappa shape index (κ3) is 7.08. The van der Waals surface area contributed by atoms with Crippen LogP contribution in [0, 0.1) is 6.92 Å². The number of carbonyl (C=O) groups is 2. The fourth-order valence-corrected chi connectivity index (χ4v) is 5.53. The van der Waals surface area contributed by atoms with Gasteiger partial charge in [-0.2, -0.15) is 0 Å². The Bertz CT molecular complexity index is 1640. The summed E-state index contributed by atoms with van der Waals surface area (Å²) in [5.74, 6) is 0.0751. The first-order chi connectivity index (χ1) is 20.3. The highest BCUT2D eigenvalue weighted by atomic mass is 32.2. The zero-order chi connectivity index (χ0) is 29.5. The Kier molecular flexibility index (Phi) is 8.73. The molecule has 4 aromatic carbocycles. The molecule has 1 heterocycles. The number of amides is 2. The molecule has 2 amide bonds. The summed E-state index contributed by atoms with van der Waals surface area (Å²) >= 11 is 0. The van der Waals surface area contributed by atoms with Gasteiger partial charge in [0.1, 0.15) is 11.5 Å². The van der Waals surface area contributed by atoms with Crippen LogP contribution in [0.4, 0.5) is 11.4 Å². The average molecular weight is 586 g/mol. The molecular formula is C32H31N3O6S. The summed E-state index contributed by atoms with van der Waals surface area (Å²) in [4.78, 5) is 27.7. The molecule has 0 fully saturated rings. The van der Waals surface area contributed by atoms with Crippen molar-refractivity contribution in [2.24, 2.45) is 0 Å². The van der Waals surface area contributed by atoms with E-state index < -0.39 is 16.1 Å². The molecule has 216 valence electrons. The first kappa shape index (κ1) is 28.7. The van der Waals surface area contributed by atoms with Gasteiger partial charge < -0.3 is 19.7 Å². The van der Waals surface area contributed by atoms with E-state index in [1.165, 1.54) is 29.2 Å². The molecule has 0 saturated heterocycles. The zero-order valence-corrected chi connectivity index (χ0v) is 23.8. The topological polar surface area (TPSA) is 114 Å². The summed E-state index contributed by atoms with van der Waals surface area (Å²) in [6, 6.07) is 29.7. The monoisotopic (exact) mass is 585 g/mol. The van der Waals surface area contributed by atoms with Gasteiger partial charge in [-0.15, -0.1) is 0 Å². The van der Waals surface area contributed by atoms with Gasteiger partial charge in [0.25, 0.3) is 21.8 Å². The number of nitrogens with one attached hydrogen (secondary N) is 2. The van der Waals surface area contributed by atoms with E-state index in [2.05, 4.69) is 10.0 Å². The van der Waals surface area contributed by atoms with Crippen LogP contribution >= 0.6 is 0 Å². The van der Waals surface area contributed by atoms with Crippen molar-refractivity contribution in [1.29, 1.82) is 0 Å². The van der Waals surface area contributed by atoms with E-state index >= 15 is 0 Å². The molecular weight excluding hydrogens is 554 g/mol. The van der Waals surface area contributed by atoms with Crippen LogP contribution in [0.5, 0.6) is 11.5 Å². The lowest BCUT2D eigenvalue weighted by atomic mass is 10.1. The number of carbonyl (C=O) groups excluding carboxylic acids is 2. The normalized spacial score (nSPS) is 14.3. The lowest BCUT2D eigenvalue weighted by Gasteiger charge is -2.34. The molecule has 0 aliphatic carbocycles. The van der Waals surface area contributed by atoms with Crippen LogP contribution in [0.15, 0.2) is 108 Å². The number of hydrogen-bond donors (Lipinski definition) is 2. The lowest BCUT2D eigenvalue weighted by molar-refractivity contribution is -0.128. The van der Waals surface area contributed by atoms with E-state index in [-0.39, 0.29) is 29.9 Å². The molecule has 0 spiro atoms. The molecule has 10 heteroatoms. The lowest BCUT2D eigenvalue weighted by Crippen LogP contribution is -2.52. The summed E-state index contributed by atoms with van der Waals surface area (Å²) in [7, 11) is -3.79. The Morgan fingerprint density at radius 3 is 2.33 bits per heavy atom. The second-order valence-corrected chi connectivity index (χ2v) is 11.5. The van der Waals surface area contributed by atoms with Crippen molar-refractivity contribution in [3.05, 3.63) is 114 Å². The fourth-order valence-electron chi connectivity index (χ4n) is 4.47. The molecule has 2 N–H and O–H groups in total. The van der Waals surface area contributed by atoms with Crippen molar-refractivity contribution < 1.29 is 27.5 Å². The summed E-state index contributed by atoms with van der Waals surface area (Å²) < 4.78 is 39.7. The second kappa shape index (κ2) is 12.8. The number of para-hydroxylation sites is 2. The predicted octanol–water partition coefficient (Wildman–Crippen LogP) is 4.33. The molecule has 4 aromatic rings. The number of fused-ring (bicyclic) bond motifs is 1. The van der Waals surface area contributed by atoms with E-state index in [4.69, 9.17) is 9.47 Å². The van der Waals surface area contributed by atoms with Crippen molar-refractivity contribution in [3.63, 3.8) is 0 Å². The first-order valence-electron chi connectivity index (χ1n) is 13.5. The summed E-state index contributed by atoms with van der Waals surface area (Å²) in [6.07, 6.45) is -0.209. The standard InChI is InChI=1S/C32H31N3O6S/c1-23-11-13-25(14-12-23)34-42(38,39)27-17-15-26(16-18-27)40-22-31(36)35-21-30(41-29-10-6-5-9-28(29)35)32(37)33-20-19-24-7-3-2-4-8-24/h2-18,30,34H,19-22H2,1H3,(H,33,37). The Balaban J connectivity index is 1.19. The van der Waals surface area contributed by atoms with Gasteiger partial charge in [0.05, 0.1) is 17.1 Å². The third-order valence-electron chi connectivity index (χ3n) is 6.72. The zero-order valence-electron chi connectivity index (χ0n) is 23.0. The highest BCUT2D eigenvalue weighted by Gasteiger charge is 2.33. The number of anilines is 2. The molecule has 1 unspecified atom stereocenters. The highest BCUT2D eigenvalue weighted by Crippen LogP contribution is 2.33. The molecule has 0 radical (unpaired) electrons. The Labute approximate surface area is 245 Å². The predicted molar refractivity (Wildman–Crippen MR) is 160 cm³/mol. The van der Waals surface area contributed by atoms with Gasteiger partial charge in [0.2, 0.25) is 0 Å². The van der Waals surface area contributed by atoms with Gasteiger partial charge in [0.15, 0.2) is 12.7 Å². The van der Waals surface area contributed by atoms with Crippen LogP contribution < -0.4 is 24.4 Å². The van der Waals surface area contributed by atoms with Crippen LogP contribution in [0.3, 0.4) is 0 Å². The maximum atomic E-state index is 13.3. The smallest absolute Gasteiger partial charge is 0.265 e. The van der Waals surface area contributed by atoms with Gasteiger partial charge in [-0.05, 0) is 67.4 Å². The maximum absolute atomic E-state index is 13.3. The Morgan fingerprint density at radius 2 is 1.60 bits per heavy atom. The largest absolute Gasteiger partial charge is 0.484 e. The van der Waals surface area contributed by atoms with Crippen LogP contribution in [0.2, 0.25) is 0 Å². The van der Waals surface area contributed by atoms with Gasteiger partial charge in [-0.3, -0.25) is 14.3 Å². The molecule has 1 aliphatic heterocycles. The minimum absolute atomic E-state index is 0.0260. The number of ether oxygens (including phenoxy) is 2. The van der Waals surface area contributed by atoms with Gasteiger partial charge in [-0.1, -0.05) is 60.2 Å². The molecule has 42 heavy (non-hydrogen) atoms. The van der Waals surface area contributed by atoms with Crippen molar-refractivity contribution in [1.82, 2.24) is 5.32 Å². The minimum Gasteiger partial charge on any atom is -0.484 e. The van der Waals surface area contributed by atoms with Gasteiger partial charge >= 0.3 is 0 Å². The molecule has 5 rings (SSSR count). The first-order valence-corrected chi connectivity index (χ1v) is 15.0. The van der Waals surface area contributed by atoms with E-state index in [0.717, 1.165) is 11.1 Å². The van der Waals surface area contributed by atoms with E-state index in [0.29, 0.717) is 35.8 Å². The number of aryl methyl sites for hydroxylation is 1. The quantitative estimate of drug-likeness (QED) is 0.287. The highest BCUT2D eigenvalue weighted by molar-refractivity contribution is 7.92. The van der Waals surface area contributed by atoms with Crippen molar-refractivity contribution in [2.75, 3.05) is 29.3 Å². The number of nitrogens with zero attached hydrogens (tertiary/aromatic N) is 1. The Hall–Kier alpha value is -4.83. The summed E-state index contributed by atoms with van der Waals surface area (Å²) in [5.41, 5.74) is 3.13. The maximum Gasteiger partial charge on any atom is 0.265 e. The molecule has 0 saturated carbocycles. The number of rotatable bonds is 10. The molecule has 9 nitrogen and oxygen atoms in total. The summed E-state index contributed by atoms with van der Waals surface area (Å²) in [6.45, 7) is 2.07. The molecule has 1 aliphatic rings. The fraction of sp³-hybridized carbons (Fsp3) is 0.188. The molecule has 1 atom stereocenters. The van der Waals surface area contributed by atoms with Crippen LogP contribution in [-0.4, -0.2) is 46.0 Å². The van der Waals surface area contributed by atoms with Crippen molar-refractivity contribution in [3.8, 4) is 11.5 Å². The van der Waals surface area contributed by atoms with Crippen molar-refractivity contribution >= 4 is 33.2 Å². The van der Waals surface area contributed by atoms with Crippen molar-refractivity contribution in [2.45, 2.75) is 24.3 Å². The minimum atomic E-state index is -3.79. The third-order valence-corrected chi connectivity index (χ3v) is 8.12. The SMILES string of the molecule is Cc1ccc(NS(=O)(=O)c2ccc(OCC(=O)N3CC(C(=O)NCCc4ccccc4)Oc4ccccc43)cc2)cc1. The number of sulfonamides is 1. The van der Waals surface area contributed by atoms with E-state index in [9.17, 15) is 18.0 Å². The Morgan fingerprint density at radius 1 is 0.905 bits per heavy atom. The molecule has 0 bridgehead atoms. The number of hydrogen-bond acceptors (Lipinski definition) is 6.